The molecule has 0 saturated carbocycles. The van der Waals surface area contributed by atoms with Crippen LogP contribution >= 0.6 is 27.3 Å². The molecule has 0 fully saturated rings. The average molecular weight is 437 g/mol. The predicted octanol–water partition coefficient (Wildman–Crippen LogP) is 4.51. The average Bonchev–Trinajstić information content (AvgIpc) is 3.19. The van der Waals surface area contributed by atoms with E-state index >= 15 is 0 Å². The lowest BCUT2D eigenvalue weighted by Gasteiger charge is -2.33. The van der Waals surface area contributed by atoms with Crippen molar-refractivity contribution in [2.75, 3.05) is 11.9 Å². The summed E-state index contributed by atoms with van der Waals surface area (Å²) in [4.78, 5) is 13.0. The highest BCUT2D eigenvalue weighted by atomic mass is 79.9. The molecule has 2 aromatic heterocycles. The van der Waals surface area contributed by atoms with Gasteiger partial charge in [0.2, 0.25) is 0 Å². The molecule has 25 heavy (non-hydrogen) atoms. The molecule has 10 heteroatoms. The molecule has 0 bridgehead atoms. The van der Waals surface area contributed by atoms with E-state index in [0.29, 0.717) is 6.54 Å². The SMILES string of the molecule is CCCNC(=O)c1nn2c(c1Br)N[C@@H](c1cccs1)C[C@H]2C(F)(F)F. The van der Waals surface area contributed by atoms with E-state index in [0.717, 1.165) is 16.0 Å². The number of thiophene rings is 1. The maximum atomic E-state index is 13.6. The van der Waals surface area contributed by atoms with E-state index in [1.54, 1.807) is 12.1 Å². The molecular weight excluding hydrogens is 421 g/mol. The molecule has 2 N–H and O–H groups in total. The Hall–Kier alpha value is -1.55. The molecular formula is C15H16BrF3N4OS. The largest absolute Gasteiger partial charge is 0.410 e. The van der Waals surface area contributed by atoms with Crippen LogP contribution in [0.1, 0.15) is 47.2 Å². The van der Waals surface area contributed by atoms with Crippen molar-refractivity contribution < 1.29 is 18.0 Å². The minimum Gasteiger partial charge on any atom is -0.362 e. The van der Waals surface area contributed by atoms with Crippen LogP contribution in [0.15, 0.2) is 22.0 Å². The van der Waals surface area contributed by atoms with Crippen LogP contribution in [0.4, 0.5) is 19.0 Å². The van der Waals surface area contributed by atoms with Crippen molar-refractivity contribution in [3.63, 3.8) is 0 Å². The van der Waals surface area contributed by atoms with Crippen LogP contribution in [-0.4, -0.2) is 28.4 Å². The molecule has 0 saturated heterocycles. The summed E-state index contributed by atoms with van der Waals surface area (Å²) in [5.41, 5.74) is -0.0444. The second-order valence-corrected chi connectivity index (χ2v) is 7.49. The number of rotatable bonds is 4. The minimum atomic E-state index is -4.46. The van der Waals surface area contributed by atoms with Gasteiger partial charge >= 0.3 is 6.18 Å². The van der Waals surface area contributed by atoms with E-state index in [2.05, 4.69) is 31.7 Å². The van der Waals surface area contributed by atoms with Gasteiger partial charge in [-0.2, -0.15) is 18.3 Å². The number of alkyl halides is 3. The quantitative estimate of drug-likeness (QED) is 0.741. The number of fused-ring (bicyclic) bond motifs is 1. The van der Waals surface area contributed by atoms with Crippen LogP contribution < -0.4 is 10.6 Å². The molecule has 3 rings (SSSR count). The van der Waals surface area contributed by atoms with E-state index in [1.165, 1.54) is 11.3 Å². The summed E-state index contributed by atoms with van der Waals surface area (Å²) in [6, 6.07) is 1.32. The molecule has 2 atom stereocenters. The third-order valence-corrected chi connectivity index (χ3v) is 5.67. The Morgan fingerprint density at radius 3 is 2.92 bits per heavy atom. The smallest absolute Gasteiger partial charge is 0.362 e. The number of nitrogens with one attached hydrogen (secondary N) is 2. The van der Waals surface area contributed by atoms with Crippen molar-refractivity contribution in [2.45, 2.75) is 38.0 Å². The molecule has 0 unspecified atom stereocenters. The summed E-state index contributed by atoms with van der Waals surface area (Å²) in [7, 11) is 0. The van der Waals surface area contributed by atoms with Crippen LogP contribution in [-0.2, 0) is 0 Å². The molecule has 1 aliphatic heterocycles. The number of hydrogen-bond acceptors (Lipinski definition) is 4. The maximum Gasteiger partial charge on any atom is 0.410 e. The van der Waals surface area contributed by atoms with Gasteiger partial charge in [0.25, 0.3) is 5.91 Å². The first kappa shape index (κ1) is 18.2. The third-order valence-electron chi connectivity index (χ3n) is 3.93. The van der Waals surface area contributed by atoms with Gasteiger partial charge in [-0.15, -0.1) is 11.3 Å². The highest BCUT2D eigenvalue weighted by molar-refractivity contribution is 9.10. The van der Waals surface area contributed by atoms with Gasteiger partial charge in [-0.1, -0.05) is 13.0 Å². The molecule has 5 nitrogen and oxygen atoms in total. The standard InChI is InChI=1S/C15H16BrF3N4OS/c1-2-5-20-14(24)12-11(16)13-21-8(9-4-3-6-25-9)7-10(15(17,18)19)23(13)22-12/h3-4,6,8,10,21H,2,5,7H2,1H3,(H,20,24)/t8-,10+/m1/s1. The van der Waals surface area contributed by atoms with Gasteiger partial charge in [-0.25, -0.2) is 4.68 Å². The maximum absolute atomic E-state index is 13.6. The van der Waals surface area contributed by atoms with Crippen LogP contribution in [0.3, 0.4) is 0 Å². The van der Waals surface area contributed by atoms with Gasteiger partial charge in [-0.05, 0) is 33.8 Å². The summed E-state index contributed by atoms with van der Waals surface area (Å²) in [5.74, 6) is -0.320. The Bertz CT molecular complexity index is 760. The number of carbonyl (C=O) groups is 1. The summed E-state index contributed by atoms with van der Waals surface area (Å²) in [6.45, 7) is 2.32. The van der Waals surface area contributed by atoms with Gasteiger partial charge in [0.15, 0.2) is 11.7 Å². The van der Waals surface area contributed by atoms with Gasteiger partial charge in [0.05, 0.1) is 10.5 Å². The minimum absolute atomic E-state index is 0.0444. The number of amides is 1. The Morgan fingerprint density at radius 1 is 1.56 bits per heavy atom. The monoisotopic (exact) mass is 436 g/mol. The van der Waals surface area contributed by atoms with Gasteiger partial charge in [0, 0.05) is 17.8 Å². The first-order valence-corrected chi connectivity index (χ1v) is 9.43. The van der Waals surface area contributed by atoms with Crippen molar-refractivity contribution in [2.24, 2.45) is 0 Å². The third kappa shape index (κ3) is 3.55. The first-order chi connectivity index (χ1) is 11.8. The van der Waals surface area contributed by atoms with Gasteiger partial charge in [-0.3, -0.25) is 4.79 Å². The van der Waals surface area contributed by atoms with E-state index in [4.69, 9.17) is 0 Å². The highest BCUT2D eigenvalue weighted by Gasteiger charge is 2.47. The number of aromatic nitrogens is 2. The Kier molecular flexibility index (Phi) is 5.10. The number of carbonyl (C=O) groups excluding carboxylic acids is 1. The lowest BCUT2D eigenvalue weighted by Crippen LogP contribution is -2.35. The predicted molar refractivity (Wildman–Crippen MR) is 92.9 cm³/mol. The number of hydrogen-bond donors (Lipinski definition) is 2. The van der Waals surface area contributed by atoms with Crippen LogP contribution in [0, 0.1) is 0 Å². The molecule has 0 aliphatic carbocycles. The van der Waals surface area contributed by atoms with Crippen molar-refractivity contribution in [1.29, 1.82) is 0 Å². The van der Waals surface area contributed by atoms with E-state index < -0.39 is 24.2 Å². The Morgan fingerprint density at radius 2 is 2.32 bits per heavy atom. The first-order valence-electron chi connectivity index (χ1n) is 7.75. The number of anilines is 1. The topological polar surface area (TPSA) is 59.0 Å². The van der Waals surface area contributed by atoms with Gasteiger partial charge < -0.3 is 10.6 Å². The zero-order valence-electron chi connectivity index (χ0n) is 13.2. The number of nitrogens with zero attached hydrogens (tertiary/aromatic N) is 2. The zero-order valence-corrected chi connectivity index (χ0v) is 15.6. The van der Waals surface area contributed by atoms with Crippen LogP contribution in [0.25, 0.3) is 0 Å². The van der Waals surface area contributed by atoms with Crippen LogP contribution in [0.2, 0.25) is 0 Å². The molecule has 2 aromatic rings. The van der Waals surface area contributed by atoms with Gasteiger partial charge in [0.1, 0.15) is 5.82 Å². The van der Waals surface area contributed by atoms with Crippen molar-refractivity contribution in [3.8, 4) is 0 Å². The van der Waals surface area contributed by atoms with Crippen molar-refractivity contribution >= 4 is 39.0 Å². The molecule has 0 aromatic carbocycles. The lowest BCUT2D eigenvalue weighted by atomic mass is 10.0. The second-order valence-electron chi connectivity index (χ2n) is 5.72. The Balaban J connectivity index is 2.00. The van der Waals surface area contributed by atoms with E-state index in [9.17, 15) is 18.0 Å². The van der Waals surface area contributed by atoms with E-state index in [1.807, 2.05) is 12.3 Å². The second kappa shape index (κ2) is 6.99. The summed E-state index contributed by atoms with van der Waals surface area (Å²) < 4.78 is 41.9. The zero-order chi connectivity index (χ0) is 18.2. The normalized spacial score (nSPS) is 20.0. The van der Waals surface area contributed by atoms with Crippen molar-refractivity contribution in [1.82, 2.24) is 15.1 Å². The molecule has 136 valence electrons. The number of halogens is 4. The Labute approximate surface area is 154 Å². The summed E-state index contributed by atoms with van der Waals surface area (Å²) in [5, 5.41) is 11.5. The van der Waals surface area contributed by atoms with E-state index in [-0.39, 0.29) is 22.4 Å². The molecule has 3 heterocycles. The van der Waals surface area contributed by atoms with Crippen molar-refractivity contribution in [3.05, 3.63) is 32.6 Å². The highest BCUT2D eigenvalue weighted by Crippen LogP contribution is 2.46. The lowest BCUT2D eigenvalue weighted by molar-refractivity contribution is -0.173. The van der Waals surface area contributed by atoms with Crippen LogP contribution in [0.5, 0.6) is 0 Å². The fraction of sp³-hybridized carbons (Fsp3) is 0.467. The summed E-state index contributed by atoms with van der Waals surface area (Å²) >= 11 is 4.64. The molecule has 1 amide bonds. The molecule has 0 spiro atoms. The fourth-order valence-electron chi connectivity index (χ4n) is 2.73. The fourth-order valence-corrected chi connectivity index (χ4v) is 4.08. The molecule has 0 radical (unpaired) electrons. The summed E-state index contributed by atoms with van der Waals surface area (Å²) in [6.07, 6.45) is -3.92. The molecule has 1 aliphatic rings.